The molecule has 0 radical (unpaired) electrons. The van der Waals surface area contributed by atoms with Crippen molar-refractivity contribution in [3.05, 3.63) is 24.0 Å². The molecule has 0 aliphatic carbocycles. The van der Waals surface area contributed by atoms with Gasteiger partial charge in [-0.25, -0.2) is 16.8 Å². The minimum absolute atomic E-state index is 0.238. The van der Waals surface area contributed by atoms with Gasteiger partial charge in [-0.3, -0.25) is 0 Å². The summed E-state index contributed by atoms with van der Waals surface area (Å²) in [5.41, 5.74) is 0. The van der Waals surface area contributed by atoms with Gasteiger partial charge in [0.1, 0.15) is 0 Å². The molecule has 0 aromatic rings. The van der Waals surface area contributed by atoms with E-state index in [0.717, 1.165) is 10.8 Å². The van der Waals surface area contributed by atoms with E-state index in [-0.39, 0.29) is 6.42 Å². The van der Waals surface area contributed by atoms with Crippen molar-refractivity contribution in [2.75, 3.05) is 5.75 Å². The van der Waals surface area contributed by atoms with Crippen LogP contribution in [-0.2, 0) is 19.7 Å². The predicted octanol–water partition coefficient (Wildman–Crippen LogP) is 0.882. The molecular weight excluding hydrogens is 224 g/mol. The van der Waals surface area contributed by atoms with E-state index < -0.39 is 30.7 Å². The number of hydrogen-bond donors (Lipinski definition) is 0. The Morgan fingerprint density at radius 1 is 1.14 bits per heavy atom. The maximum Gasteiger partial charge on any atom is 0.174 e. The molecule has 1 atom stereocenters. The van der Waals surface area contributed by atoms with Crippen LogP contribution in [0.5, 0.6) is 0 Å². The van der Waals surface area contributed by atoms with Crippen LogP contribution in [0.25, 0.3) is 0 Å². The van der Waals surface area contributed by atoms with Crippen molar-refractivity contribution in [2.24, 2.45) is 0 Å². The van der Waals surface area contributed by atoms with Crippen LogP contribution in [0, 0.1) is 0 Å². The van der Waals surface area contributed by atoms with Gasteiger partial charge in [0.15, 0.2) is 19.7 Å². The summed E-state index contributed by atoms with van der Waals surface area (Å²) in [6, 6.07) is 0. The Morgan fingerprint density at radius 3 is 1.93 bits per heavy atom. The highest BCUT2D eigenvalue weighted by molar-refractivity contribution is 7.98. The minimum Gasteiger partial charge on any atom is -0.224 e. The highest BCUT2D eigenvalue weighted by Gasteiger charge is 2.25. The maximum absolute atomic E-state index is 11.3. The van der Waals surface area contributed by atoms with Gasteiger partial charge in [0.2, 0.25) is 0 Å². The zero-order chi connectivity index (χ0) is 11.4. The number of sulfone groups is 2. The fraction of sp³-hybridized carbons (Fsp3) is 0.500. The van der Waals surface area contributed by atoms with Crippen LogP contribution in [0.1, 0.15) is 13.3 Å². The summed E-state index contributed by atoms with van der Waals surface area (Å²) in [5, 5.41) is 0.636. The first kappa shape index (κ1) is 13.4. The largest absolute Gasteiger partial charge is 0.224 e. The molecule has 0 aromatic carbocycles. The summed E-state index contributed by atoms with van der Waals surface area (Å²) in [6.45, 7) is 7.88. The van der Waals surface area contributed by atoms with Crippen LogP contribution in [0.4, 0.5) is 0 Å². The van der Waals surface area contributed by atoms with Gasteiger partial charge in [-0.05, 0) is 6.42 Å². The lowest BCUT2D eigenvalue weighted by atomic mass is 10.4. The van der Waals surface area contributed by atoms with Gasteiger partial charge >= 0.3 is 0 Å². The highest BCUT2D eigenvalue weighted by atomic mass is 32.2. The van der Waals surface area contributed by atoms with Crippen molar-refractivity contribution in [3.8, 4) is 0 Å². The normalized spacial score (nSPS) is 14.6. The molecule has 0 amide bonds. The van der Waals surface area contributed by atoms with Gasteiger partial charge in [-0.15, -0.1) is 0 Å². The van der Waals surface area contributed by atoms with Crippen molar-refractivity contribution in [2.45, 2.75) is 18.6 Å². The quantitative estimate of drug-likeness (QED) is 0.689. The summed E-state index contributed by atoms with van der Waals surface area (Å²) >= 11 is 0. The fourth-order valence-corrected chi connectivity index (χ4v) is 3.86. The van der Waals surface area contributed by atoms with Gasteiger partial charge in [-0.1, -0.05) is 20.1 Å². The topological polar surface area (TPSA) is 68.3 Å². The first-order chi connectivity index (χ1) is 6.29. The first-order valence-corrected chi connectivity index (χ1v) is 7.33. The van der Waals surface area contributed by atoms with Gasteiger partial charge in [0, 0.05) is 10.8 Å². The Morgan fingerprint density at radius 2 is 1.64 bits per heavy atom. The molecule has 0 heterocycles. The molecule has 0 rings (SSSR count). The van der Waals surface area contributed by atoms with Crippen molar-refractivity contribution in [1.82, 2.24) is 0 Å². The molecule has 0 aliphatic heterocycles. The second-order valence-electron chi connectivity index (χ2n) is 2.78. The van der Waals surface area contributed by atoms with E-state index in [4.69, 9.17) is 0 Å². The zero-order valence-electron chi connectivity index (χ0n) is 8.01. The van der Waals surface area contributed by atoms with Crippen LogP contribution in [0.3, 0.4) is 0 Å². The molecule has 0 fully saturated rings. The second-order valence-corrected chi connectivity index (χ2v) is 6.95. The van der Waals surface area contributed by atoms with E-state index in [0.29, 0.717) is 0 Å². The maximum atomic E-state index is 11.3. The lowest BCUT2D eigenvalue weighted by molar-refractivity contribution is 0.580. The molecule has 0 N–H and O–H groups in total. The van der Waals surface area contributed by atoms with Crippen molar-refractivity contribution >= 4 is 19.7 Å². The Labute approximate surface area is 85.2 Å². The Balaban J connectivity index is 4.98. The fourth-order valence-electron chi connectivity index (χ4n) is 0.908. The molecule has 0 unspecified atom stereocenters. The van der Waals surface area contributed by atoms with Gasteiger partial charge in [0.05, 0.1) is 11.0 Å². The molecule has 4 nitrogen and oxygen atoms in total. The van der Waals surface area contributed by atoms with Crippen LogP contribution < -0.4 is 0 Å². The van der Waals surface area contributed by atoms with Crippen LogP contribution in [0.2, 0.25) is 0 Å². The standard InChI is InChI=1S/C8H14O4S2/c1-4-8(14(11,12)6-3)7-13(9,10)5-2/h5-6,8H,2-4,7H2,1H3/t8-/m0/s1. The second kappa shape index (κ2) is 4.75. The SMILES string of the molecule is C=CS(=O)(=O)C[C@H](CC)S(=O)(=O)C=C. The van der Waals surface area contributed by atoms with Crippen LogP contribution in [-0.4, -0.2) is 27.8 Å². The molecule has 0 saturated heterocycles. The third kappa shape index (κ3) is 3.63. The highest BCUT2D eigenvalue weighted by Crippen LogP contribution is 2.11. The molecule has 0 spiro atoms. The van der Waals surface area contributed by atoms with E-state index in [1.807, 2.05) is 0 Å². The third-order valence-corrected chi connectivity index (χ3v) is 5.30. The van der Waals surface area contributed by atoms with Crippen molar-refractivity contribution in [1.29, 1.82) is 0 Å². The number of rotatable bonds is 6. The van der Waals surface area contributed by atoms with Crippen molar-refractivity contribution in [3.63, 3.8) is 0 Å². The summed E-state index contributed by atoms with van der Waals surface area (Å²) in [7, 11) is -7.00. The molecule has 0 saturated carbocycles. The number of hydrogen-bond acceptors (Lipinski definition) is 4. The molecule has 0 bridgehead atoms. The summed E-state index contributed by atoms with van der Waals surface area (Å²) in [6.07, 6.45) is 0.238. The van der Waals surface area contributed by atoms with E-state index in [2.05, 4.69) is 13.2 Å². The molecular formula is C8H14O4S2. The van der Waals surface area contributed by atoms with Gasteiger partial charge in [0.25, 0.3) is 0 Å². The van der Waals surface area contributed by atoms with E-state index in [1.165, 1.54) is 0 Å². The minimum atomic E-state index is -3.52. The lowest BCUT2D eigenvalue weighted by Gasteiger charge is -2.11. The van der Waals surface area contributed by atoms with E-state index in [1.54, 1.807) is 6.92 Å². The Hall–Kier alpha value is -0.620. The monoisotopic (exact) mass is 238 g/mol. The molecule has 14 heavy (non-hydrogen) atoms. The summed E-state index contributed by atoms with van der Waals surface area (Å²) in [5.74, 6) is -0.429. The average Bonchev–Trinajstić information content (AvgIpc) is 2.14. The van der Waals surface area contributed by atoms with Crippen LogP contribution in [0.15, 0.2) is 24.0 Å². The predicted molar refractivity (Wildman–Crippen MR) is 57.2 cm³/mol. The van der Waals surface area contributed by atoms with Gasteiger partial charge in [-0.2, -0.15) is 0 Å². The molecule has 0 aromatic heterocycles. The third-order valence-electron chi connectivity index (χ3n) is 1.82. The van der Waals surface area contributed by atoms with Gasteiger partial charge < -0.3 is 0 Å². The zero-order valence-corrected chi connectivity index (χ0v) is 9.64. The lowest BCUT2D eigenvalue weighted by Crippen LogP contribution is -2.26. The Kier molecular flexibility index (Phi) is 4.54. The smallest absolute Gasteiger partial charge is 0.174 e. The van der Waals surface area contributed by atoms with Crippen molar-refractivity contribution < 1.29 is 16.8 Å². The molecule has 0 aliphatic rings. The van der Waals surface area contributed by atoms with Crippen LogP contribution >= 0.6 is 0 Å². The molecule has 82 valence electrons. The summed E-state index contributed by atoms with van der Waals surface area (Å²) in [4.78, 5) is 0. The average molecular weight is 238 g/mol. The van der Waals surface area contributed by atoms with E-state index >= 15 is 0 Å². The molecule has 6 heteroatoms. The summed E-state index contributed by atoms with van der Waals surface area (Å²) < 4.78 is 44.8. The first-order valence-electron chi connectivity index (χ1n) is 4.00. The Bertz CT molecular complexity index is 403. The van der Waals surface area contributed by atoms with E-state index in [9.17, 15) is 16.8 Å².